The Morgan fingerprint density at radius 3 is 2.96 bits per heavy atom. The minimum absolute atomic E-state index is 0.00706. The van der Waals surface area contributed by atoms with Gasteiger partial charge in [0, 0.05) is 25.6 Å². The summed E-state index contributed by atoms with van der Waals surface area (Å²) < 4.78 is 5.18. The van der Waals surface area contributed by atoms with Gasteiger partial charge >= 0.3 is 6.03 Å². The highest BCUT2D eigenvalue weighted by atomic mass is 16.5. The predicted octanol–water partition coefficient (Wildman–Crippen LogP) is 2.48. The third-order valence-electron chi connectivity index (χ3n) is 6.51. The quantitative estimate of drug-likeness (QED) is 0.813. The van der Waals surface area contributed by atoms with Gasteiger partial charge in [-0.25, -0.2) is 4.79 Å². The number of likely N-dealkylation sites (tertiary alicyclic amines) is 1. The van der Waals surface area contributed by atoms with Crippen molar-refractivity contribution >= 4 is 6.03 Å². The maximum atomic E-state index is 12.3. The van der Waals surface area contributed by atoms with Gasteiger partial charge in [0.05, 0.1) is 6.54 Å². The van der Waals surface area contributed by atoms with Crippen LogP contribution in [0.2, 0.25) is 0 Å². The van der Waals surface area contributed by atoms with Gasteiger partial charge in [0.1, 0.15) is 0 Å². The molecule has 0 bridgehead atoms. The average Bonchev–Trinajstić information content (AvgIpc) is 3.09. The van der Waals surface area contributed by atoms with Crippen LogP contribution < -0.4 is 10.6 Å². The van der Waals surface area contributed by atoms with Crippen molar-refractivity contribution in [1.29, 1.82) is 0 Å². The van der Waals surface area contributed by atoms with Gasteiger partial charge in [-0.05, 0) is 56.4 Å². The minimum Gasteiger partial charge on any atom is -0.339 e. The molecule has 2 unspecified atom stereocenters. The van der Waals surface area contributed by atoms with E-state index >= 15 is 0 Å². The minimum atomic E-state index is -0.00706. The number of carbonyl (C=O) groups excluding carboxylic acids is 1. The maximum absolute atomic E-state index is 12.3. The van der Waals surface area contributed by atoms with Crippen LogP contribution in [-0.4, -0.2) is 46.7 Å². The van der Waals surface area contributed by atoms with Crippen molar-refractivity contribution < 1.29 is 9.32 Å². The summed E-state index contributed by atoms with van der Waals surface area (Å²) in [5, 5.41) is 10.3. The Balaban J connectivity index is 1.21. The fraction of sp³-hybridized carbons (Fsp3) is 0.842. The van der Waals surface area contributed by atoms with Gasteiger partial charge in [0.25, 0.3) is 0 Å². The van der Waals surface area contributed by atoms with Crippen LogP contribution in [0.1, 0.15) is 63.6 Å². The fourth-order valence-electron chi connectivity index (χ4n) is 4.82. The van der Waals surface area contributed by atoms with Crippen LogP contribution in [-0.2, 0) is 13.0 Å². The standard InChI is InChI=1S/C19H31N5O2/c1-2-17-22-16(23-26-17)13-24-10-4-6-15(12-24)21-18(25)20-11-14-5-3-7-19(14)8-9-19/h14-15H,2-13H2,1H3,(H2,20,21,25). The number of hydrogen-bond donors (Lipinski definition) is 2. The van der Waals surface area contributed by atoms with Crippen LogP contribution in [0.25, 0.3) is 0 Å². The smallest absolute Gasteiger partial charge is 0.315 e. The molecule has 2 atom stereocenters. The summed E-state index contributed by atoms with van der Waals surface area (Å²) in [6.07, 6.45) is 9.60. The Morgan fingerprint density at radius 1 is 1.31 bits per heavy atom. The zero-order valence-electron chi connectivity index (χ0n) is 15.8. The van der Waals surface area contributed by atoms with Crippen LogP contribution in [0.3, 0.4) is 0 Å². The normalized spacial score (nSPS) is 27.6. The van der Waals surface area contributed by atoms with E-state index in [1.165, 1.54) is 32.1 Å². The molecule has 2 saturated carbocycles. The number of nitrogens with zero attached hydrogens (tertiary/aromatic N) is 3. The first-order valence-corrected chi connectivity index (χ1v) is 10.2. The molecule has 26 heavy (non-hydrogen) atoms. The monoisotopic (exact) mass is 361 g/mol. The van der Waals surface area contributed by atoms with Crippen molar-refractivity contribution in [3.63, 3.8) is 0 Å². The molecule has 1 aromatic heterocycles. The molecule has 144 valence electrons. The highest BCUT2D eigenvalue weighted by Crippen LogP contribution is 2.60. The predicted molar refractivity (Wildman–Crippen MR) is 97.5 cm³/mol. The second-order valence-corrected chi connectivity index (χ2v) is 8.34. The van der Waals surface area contributed by atoms with Gasteiger partial charge < -0.3 is 15.2 Å². The molecule has 1 saturated heterocycles. The summed E-state index contributed by atoms with van der Waals surface area (Å²) in [7, 11) is 0. The molecule has 3 fully saturated rings. The highest BCUT2D eigenvalue weighted by molar-refractivity contribution is 5.74. The van der Waals surface area contributed by atoms with E-state index < -0.39 is 0 Å². The van der Waals surface area contributed by atoms with Crippen LogP contribution >= 0.6 is 0 Å². The van der Waals surface area contributed by atoms with E-state index in [2.05, 4.69) is 25.7 Å². The van der Waals surface area contributed by atoms with Gasteiger partial charge in [0.2, 0.25) is 5.89 Å². The molecular formula is C19H31N5O2. The lowest BCUT2D eigenvalue weighted by atomic mass is 9.93. The number of nitrogens with one attached hydrogen (secondary N) is 2. The average molecular weight is 361 g/mol. The summed E-state index contributed by atoms with van der Waals surface area (Å²) in [5.74, 6) is 2.12. The van der Waals surface area contributed by atoms with Crippen molar-refractivity contribution in [2.45, 2.75) is 70.9 Å². The molecule has 1 spiro atoms. The Hall–Kier alpha value is -1.63. The SMILES string of the molecule is CCc1nc(CN2CCCC(NC(=O)NCC3CCCC34CC4)C2)no1. The first-order chi connectivity index (χ1) is 12.7. The number of aromatic nitrogens is 2. The Kier molecular flexibility index (Phi) is 5.16. The van der Waals surface area contributed by atoms with Crippen LogP contribution in [0.15, 0.2) is 4.52 Å². The molecule has 0 aromatic carbocycles. The molecule has 1 aromatic rings. The first-order valence-electron chi connectivity index (χ1n) is 10.2. The lowest BCUT2D eigenvalue weighted by Crippen LogP contribution is -2.51. The van der Waals surface area contributed by atoms with E-state index in [0.29, 0.717) is 23.8 Å². The Labute approximate surface area is 155 Å². The van der Waals surface area contributed by atoms with E-state index in [9.17, 15) is 4.79 Å². The first kappa shape index (κ1) is 17.8. The number of rotatable bonds is 6. The van der Waals surface area contributed by atoms with Crippen LogP contribution in [0.5, 0.6) is 0 Å². The molecule has 7 nitrogen and oxygen atoms in total. The van der Waals surface area contributed by atoms with Gasteiger partial charge in [-0.3, -0.25) is 4.90 Å². The molecule has 4 rings (SSSR count). The molecule has 2 N–H and O–H groups in total. The molecule has 1 aliphatic heterocycles. The summed E-state index contributed by atoms with van der Waals surface area (Å²) in [4.78, 5) is 19.0. The topological polar surface area (TPSA) is 83.3 Å². The second-order valence-electron chi connectivity index (χ2n) is 8.34. The number of carbonyl (C=O) groups is 1. The van der Waals surface area contributed by atoms with Crippen molar-refractivity contribution in [3.8, 4) is 0 Å². The van der Waals surface area contributed by atoms with Crippen molar-refractivity contribution in [2.24, 2.45) is 11.3 Å². The van der Waals surface area contributed by atoms with E-state index in [0.717, 1.165) is 44.7 Å². The van der Waals surface area contributed by atoms with Gasteiger partial charge in [0.15, 0.2) is 5.82 Å². The Bertz CT molecular complexity index is 627. The summed E-state index contributed by atoms with van der Waals surface area (Å²) in [6, 6.07) is 0.187. The molecule has 2 amide bonds. The van der Waals surface area contributed by atoms with Gasteiger partial charge in [-0.1, -0.05) is 18.5 Å². The lowest BCUT2D eigenvalue weighted by molar-refractivity contribution is 0.175. The fourth-order valence-corrected chi connectivity index (χ4v) is 4.82. The van der Waals surface area contributed by atoms with Crippen molar-refractivity contribution in [2.75, 3.05) is 19.6 Å². The Morgan fingerprint density at radius 2 is 2.19 bits per heavy atom. The van der Waals surface area contributed by atoms with E-state index in [4.69, 9.17) is 4.52 Å². The van der Waals surface area contributed by atoms with Crippen molar-refractivity contribution in [3.05, 3.63) is 11.7 Å². The number of amides is 2. The zero-order valence-corrected chi connectivity index (χ0v) is 15.8. The number of aryl methyl sites for hydroxylation is 1. The number of hydrogen-bond acceptors (Lipinski definition) is 5. The molecule has 2 aliphatic carbocycles. The van der Waals surface area contributed by atoms with E-state index in [1.807, 2.05) is 6.92 Å². The number of urea groups is 1. The summed E-state index contributed by atoms with van der Waals surface area (Å²) in [6.45, 7) is 5.39. The van der Waals surface area contributed by atoms with E-state index in [-0.39, 0.29) is 12.1 Å². The molecule has 2 heterocycles. The molecular weight excluding hydrogens is 330 g/mol. The summed E-state index contributed by atoms with van der Waals surface area (Å²) >= 11 is 0. The zero-order chi connectivity index (χ0) is 18.0. The van der Waals surface area contributed by atoms with E-state index in [1.54, 1.807) is 0 Å². The molecule has 7 heteroatoms. The number of piperidine rings is 1. The molecule has 0 radical (unpaired) electrons. The largest absolute Gasteiger partial charge is 0.339 e. The third-order valence-corrected chi connectivity index (χ3v) is 6.51. The second kappa shape index (κ2) is 7.55. The third kappa shape index (κ3) is 4.03. The maximum Gasteiger partial charge on any atom is 0.315 e. The van der Waals surface area contributed by atoms with Gasteiger partial charge in [-0.15, -0.1) is 0 Å². The van der Waals surface area contributed by atoms with Crippen LogP contribution in [0, 0.1) is 11.3 Å². The lowest BCUT2D eigenvalue weighted by Gasteiger charge is -2.32. The highest BCUT2D eigenvalue weighted by Gasteiger charge is 2.51. The van der Waals surface area contributed by atoms with Gasteiger partial charge in [-0.2, -0.15) is 4.98 Å². The van der Waals surface area contributed by atoms with Crippen molar-refractivity contribution in [1.82, 2.24) is 25.7 Å². The van der Waals surface area contributed by atoms with Crippen LogP contribution in [0.4, 0.5) is 4.79 Å². The molecule has 3 aliphatic rings. The summed E-state index contributed by atoms with van der Waals surface area (Å²) in [5.41, 5.74) is 0.594.